The summed E-state index contributed by atoms with van der Waals surface area (Å²) in [4.78, 5) is 12.3. The van der Waals surface area contributed by atoms with Gasteiger partial charge in [-0.3, -0.25) is 0 Å². The van der Waals surface area contributed by atoms with Gasteiger partial charge in [0.2, 0.25) is 0 Å². The van der Waals surface area contributed by atoms with E-state index < -0.39 is 0 Å². The molecule has 7 heteroatoms. The van der Waals surface area contributed by atoms with Crippen molar-refractivity contribution in [3.8, 4) is 0 Å². The van der Waals surface area contributed by atoms with Crippen LogP contribution in [-0.2, 0) is 10.2 Å². The first-order valence-corrected chi connectivity index (χ1v) is 9.08. The van der Waals surface area contributed by atoms with Crippen LogP contribution < -0.4 is 10.6 Å². The highest BCUT2D eigenvalue weighted by Gasteiger charge is 2.34. The molecule has 0 saturated carbocycles. The van der Waals surface area contributed by atoms with E-state index in [0.717, 1.165) is 18.4 Å². The number of ether oxygens (including phenoxy) is 1. The molecular weight excluding hydrogens is 378 g/mol. The molecule has 138 valence electrons. The molecule has 1 heterocycles. The number of halogens is 3. The van der Waals surface area contributed by atoms with Crippen molar-refractivity contribution in [2.75, 3.05) is 25.1 Å². The second kappa shape index (κ2) is 8.25. The minimum absolute atomic E-state index is 0.277. The Kier molecular flexibility index (Phi) is 6.01. The summed E-state index contributed by atoms with van der Waals surface area (Å²) in [6, 6.07) is 11.0. The smallest absolute Gasteiger partial charge is 0.319 e. The Bertz CT molecular complexity index is 778. The molecular formula is C19H19Cl2FN2O2. The summed E-state index contributed by atoms with van der Waals surface area (Å²) in [6.07, 6.45) is 1.51. The number of rotatable bonds is 4. The van der Waals surface area contributed by atoms with E-state index in [9.17, 15) is 9.18 Å². The predicted molar refractivity (Wildman–Crippen MR) is 102 cm³/mol. The van der Waals surface area contributed by atoms with E-state index in [4.69, 9.17) is 27.9 Å². The minimum Gasteiger partial charge on any atom is -0.381 e. The third-order valence-electron chi connectivity index (χ3n) is 4.67. The van der Waals surface area contributed by atoms with Crippen LogP contribution in [0.4, 0.5) is 14.9 Å². The lowest BCUT2D eigenvalue weighted by molar-refractivity contribution is 0.0508. The molecule has 26 heavy (non-hydrogen) atoms. The number of benzene rings is 2. The quantitative estimate of drug-likeness (QED) is 0.763. The molecule has 1 saturated heterocycles. The average Bonchev–Trinajstić information content (AvgIpc) is 2.64. The highest BCUT2D eigenvalue weighted by atomic mass is 35.5. The fraction of sp³-hybridized carbons (Fsp3) is 0.316. The second-order valence-corrected chi connectivity index (χ2v) is 7.15. The number of hydrogen-bond acceptors (Lipinski definition) is 2. The van der Waals surface area contributed by atoms with Gasteiger partial charge in [0, 0.05) is 30.9 Å². The molecule has 0 radical (unpaired) electrons. The van der Waals surface area contributed by atoms with Gasteiger partial charge in [0.15, 0.2) is 0 Å². The third kappa shape index (κ3) is 4.47. The molecule has 1 aliphatic rings. The van der Waals surface area contributed by atoms with Gasteiger partial charge in [-0.2, -0.15) is 0 Å². The highest BCUT2D eigenvalue weighted by Crippen LogP contribution is 2.34. The Morgan fingerprint density at radius 3 is 2.42 bits per heavy atom. The number of nitrogens with one attached hydrogen (secondary N) is 2. The van der Waals surface area contributed by atoms with Crippen molar-refractivity contribution in [3.05, 3.63) is 63.9 Å². The van der Waals surface area contributed by atoms with E-state index >= 15 is 0 Å². The third-order valence-corrected chi connectivity index (χ3v) is 5.41. The first-order chi connectivity index (χ1) is 12.5. The Morgan fingerprint density at radius 2 is 1.77 bits per heavy atom. The van der Waals surface area contributed by atoms with Gasteiger partial charge in [-0.1, -0.05) is 35.3 Å². The zero-order chi connectivity index (χ0) is 18.6. The van der Waals surface area contributed by atoms with E-state index in [1.165, 1.54) is 12.1 Å². The van der Waals surface area contributed by atoms with Crippen molar-refractivity contribution >= 4 is 34.9 Å². The standard InChI is InChI=1S/C19H19Cl2FN2O2/c20-16-6-5-15(11-17(16)21)24-18(25)23-12-19(7-9-26-10-8-19)13-1-3-14(22)4-2-13/h1-6,11H,7-10,12H2,(H2,23,24,25). The molecule has 0 spiro atoms. The maximum Gasteiger partial charge on any atom is 0.319 e. The lowest BCUT2D eigenvalue weighted by Gasteiger charge is -2.38. The van der Waals surface area contributed by atoms with Gasteiger partial charge in [0.1, 0.15) is 5.82 Å². The molecule has 2 aromatic carbocycles. The second-order valence-electron chi connectivity index (χ2n) is 6.34. The van der Waals surface area contributed by atoms with Crippen LogP contribution in [0.1, 0.15) is 18.4 Å². The molecule has 0 aromatic heterocycles. The van der Waals surface area contributed by atoms with E-state index in [1.54, 1.807) is 30.3 Å². The highest BCUT2D eigenvalue weighted by molar-refractivity contribution is 6.42. The summed E-state index contributed by atoms with van der Waals surface area (Å²) >= 11 is 11.8. The number of carbonyl (C=O) groups is 1. The molecule has 1 aliphatic heterocycles. The summed E-state index contributed by atoms with van der Waals surface area (Å²) in [5, 5.41) is 6.45. The Morgan fingerprint density at radius 1 is 1.08 bits per heavy atom. The van der Waals surface area contributed by atoms with Gasteiger partial charge in [-0.05, 0) is 48.7 Å². The van der Waals surface area contributed by atoms with Crippen molar-refractivity contribution in [1.29, 1.82) is 0 Å². The van der Waals surface area contributed by atoms with Crippen LogP contribution in [0, 0.1) is 5.82 Å². The zero-order valence-corrected chi connectivity index (χ0v) is 15.5. The van der Waals surface area contributed by atoms with Gasteiger partial charge in [0.25, 0.3) is 0 Å². The normalized spacial score (nSPS) is 16.1. The summed E-state index contributed by atoms with van der Waals surface area (Å²) in [7, 11) is 0. The van der Waals surface area contributed by atoms with Gasteiger partial charge in [-0.25, -0.2) is 9.18 Å². The molecule has 0 bridgehead atoms. The lowest BCUT2D eigenvalue weighted by atomic mass is 9.74. The molecule has 2 amide bonds. The van der Waals surface area contributed by atoms with Crippen LogP contribution in [-0.4, -0.2) is 25.8 Å². The van der Waals surface area contributed by atoms with E-state index in [-0.39, 0.29) is 17.3 Å². The van der Waals surface area contributed by atoms with Crippen LogP contribution in [0.2, 0.25) is 10.0 Å². The molecule has 0 atom stereocenters. The molecule has 3 rings (SSSR count). The van der Waals surface area contributed by atoms with Crippen molar-refractivity contribution in [2.24, 2.45) is 0 Å². The summed E-state index contributed by atoms with van der Waals surface area (Å²) in [5.41, 5.74) is 1.28. The Hall–Kier alpha value is -1.82. The van der Waals surface area contributed by atoms with Crippen LogP contribution in [0.15, 0.2) is 42.5 Å². The molecule has 1 fully saturated rings. The topological polar surface area (TPSA) is 50.4 Å². The summed E-state index contributed by atoms with van der Waals surface area (Å²) in [6.45, 7) is 1.64. The van der Waals surface area contributed by atoms with E-state index in [0.29, 0.717) is 35.5 Å². The van der Waals surface area contributed by atoms with Crippen LogP contribution in [0.25, 0.3) is 0 Å². The van der Waals surface area contributed by atoms with Crippen LogP contribution in [0.5, 0.6) is 0 Å². The number of carbonyl (C=O) groups excluding carboxylic acids is 1. The lowest BCUT2D eigenvalue weighted by Crippen LogP contribution is -2.45. The number of anilines is 1. The van der Waals surface area contributed by atoms with Gasteiger partial charge in [-0.15, -0.1) is 0 Å². The monoisotopic (exact) mass is 396 g/mol. The number of hydrogen-bond donors (Lipinski definition) is 2. The molecule has 2 aromatic rings. The van der Waals surface area contributed by atoms with Crippen molar-refractivity contribution in [3.63, 3.8) is 0 Å². The fourth-order valence-electron chi connectivity index (χ4n) is 3.13. The van der Waals surface area contributed by atoms with Gasteiger partial charge < -0.3 is 15.4 Å². The maximum atomic E-state index is 13.3. The number of urea groups is 1. The largest absolute Gasteiger partial charge is 0.381 e. The molecule has 0 unspecified atom stereocenters. The summed E-state index contributed by atoms with van der Waals surface area (Å²) < 4.78 is 18.7. The van der Waals surface area contributed by atoms with Crippen molar-refractivity contribution in [2.45, 2.75) is 18.3 Å². The van der Waals surface area contributed by atoms with Gasteiger partial charge in [0.05, 0.1) is 10.0 Å². The van der Waals surface area contributed by atoms with Crippen LogP contribution >= 0.6 is 23.2 Å². The maximum absolute atomic E-state index is 13.3. The average molecular weight is 397 g/mol. The Labute approximate surface area is 161 Å². The zero-order valence-electron chi connectivity index (χ0n) is 14.0. The van der Waals surface area contributed by atoms with Crippen molar-refractivity contribution < 1.29 is 13.9 Å². The SMILES string of the molecule is O=C(NCC1(c2ccc(F)cc2)CCOCC1)Nc1ccc(Cl)c(Cl)c1. The summed E-state index contributed by atoms with van der Waals surface area (Å²) in [5.74, 6) is -0.277. The fourth-order valence-corrected chi connectivity index (χ4v) is 3.43. The predicted octanol–water partition coefficient (Wildman–Crippen LogP) is 5.00. The number of amides is 2. The minimum atomic E-state index is -0.337. The first-order valence-electron chi connectivity index (χ1n) is 8.32. The van der Waals surface area contributed by atoms with E-state index in [1.807, 2.05) is 0 Å². The Balaban J connectivity index is 1.68. The molecule has 4 nitrogen and oxygen atoms in total. The van der Waals surface area contributed by atoms with Crippen LogP contribution in [0.3, 0.4) is 0 Å². The van der Waals surface area contributed by atoms with Gasteiger partial charge >= 0.3 is 6.03 Å². The van der Waals surface area contributed by atoms with Crippen molar-refractivity contribution in [1.82, 2.24) is 5.32 Å². The molecule has 2 N–H and O–H groups in total. The molecule has 0 aliphatic carbocycles. The first kappa shape index (κ1) is 19.0. The van der Waals surface area contributed by atoms with E-state index in [2.05, 4.69) is 10.6 Å².